The Kier molecular flexibility index (Phi) is 3.50. The lowest BCUT2D eigenvalue weighted by Gasteiger charge is -2.22. The van der Waals surface area contributed by atoms with Gasteiger partial charge in [0.1, 0.15) is 0 Å². The minimum atomic E-state index is 0.0634. The molecule has 1 amide bonds. The highest BCUT2D eigenvalue weighted by atomic mass is 32.1. The molecule has 1 aliphatic rings. The Bertz CT molecular complexity index is 838. The third-order valence-electron chi connectivity index (χ3n) is 4.13. The van der Waals surface area contributed by atoms with Crippen molar-refractivity contribution in [1.82, 2.24) is 5.16 Å². The summed E-state index contributed by atoms with van der Waals surface area (Å²) in [5, 5.41) is 6.04. The lowest BCUT2D eigenvalue weighted by atomic mass is 10.1. The van der Waals surface area contributed by atoms with E-state index in [9.17, 15) is 4.79 Å². The van der Waals surface area contributed by atoms with Crippen LogP contribution in [0.15, 0.2) is 52.4 Å². The van der Waals surface area contributed by atoms with Gasteiger partial charge in [0.15, 0.2) is 5.76 Å². The highest BCUT2D eigenvalue weighted by Gasteiger charge is 2.30. The summed E-state index contributed by atoms with van der Waals surface area (Å²) in [6, 6.07) is 14.1. The lowest BCUT2D eigenvalue weighted by Crippen LogP contribution is -2.36. The molecule has 0 fully saturated rings. The van der Waals surface area contributed by atoms with Gasteiger partial charge < -0.3 is 9.42 Å². The van der Waals surface area contributed by atoms with Gasteiger partial charge in [0.2, 0.25) is 5.91 Å². The molecule has 0 aliphatic carbocycles. The molecule has 23 heavy (non-hydrogen) atoms. The molecule has 0 radical (unpaired) electrons. The van der Waals surface area contributed by atoms with Crippen LogP contribution in [0.2, 0.25) is 0 Å². The van der Waals surface area contributed by atoms with E-state index in [0.717, 1.165) is 22.7 Å². The molecule has 3 aromatic rings. The number of aromatic nitrogens is 1. The van der Waals surface area contributed by atoms with E-state index in [1.807, 2.05) is 46.7 Å². The number of nitrogens with zero attached hydrogens (tertiary/aromatic N) is 2. The third-order valence-corrected chi connectivity index (χ3v) is 5.02. The van der Waals surface area contributed by atoms with Crippen molar-refractivity contribution in [2.75, 3.05) is 4.90 Å². The molecule has 0 spiro atoms. The number of amides is 1. The van der Waals surface area contributed by atoms with Gasteiger partial charge in [-0.3, -0.25) is 4.79 Å². The Morgan fingerprint density at radius 3 is 3.04 bits per heavy atom. The lowest BCUT2D eigenvalue weighted by molar-refractivity contribution is -0.118. The van der Waals surface area contributed by atoms with Gasteiger partial charge in [-0.05, 0) is 36.4 Å². The summed E-state index contributed by atoms with van der Waals surface area (Å²) in [6.07, 6.45) is 1.16. The highest BCUT2D eigenvalue weighted by molar-refractivity contribution is 7.13. The molecule has 1 aromatic carbocycles. The largest absolute Gasteiger partial charge is 0.355 e. The number of para-hydroxylation sites is 1. The summed E-state index contributed by atoms with van der Waals surface area (Å²) >= 11 is 1.60. The molecule has 2 aromatic heterocycles. The van der Waals surface area contributed by atoms with Crippen molar-refractivity contribution in [3.8, 4) is 10.6 Å². The molecule has 0 bridgehead atoms. The van der Waals surface area contributed by atoms with Crippen LogP contribution in [0.4, 0.5) is 5.69 Å². The van der Waals surface area contributed by atoms with Gasteiger partial charge in [-0.2, -0.15) is 0 Å². The van der Waals surface area contributed by atoms with E-state index in [0.29, 0.717) is 5.69 Å². The standard InChI is InChI=1S/C18H16N2O2S/c1-12-9-13-5-2-3-6-15(13)20(12)18(21)11-14-10-16(22-19-14)17-7-4-8-23-17/h2-8,10,12H,9,11H2,1H3/t12-/m0/s1. The maximum atomic E-state index is 12.7. The van der Waals surface area contributed by atoms with Gasteiger partial charge in [0, 0.05) is 17.8 Å². The van der Waals surface area contributed by atoms with Crippen molar-refractivity contribution in [3.05, 3.63) is 59.1 Å². The summed E-state index contributed by atoms with van der Waals surface area (Å²) in [4.78, 5) is 15.6. The Morgan fingerprint density at radius 1 is 1.35 bits per heavy atom. The van der Waals surface area contributed by atoms with Crippen LogP contribution in [0.1, 0.15) is 18.2 Å². The molecular formula is C18H16N2O2S. The second-order valence-electron chi connectivity index (χ2n) is 5.78. The molecule has 0 N–H and O–H groups in total. The minimum Gasteiger partial charge on any atom is -0.355 e. The molecule has 4 nitrogen and oxygen atoms in total. The molecule has 4 rings (SSSR count). The number of benzene rings is 1. The number of carbonyl (C=O) groups excluding carboxylic acids is 1. The van der Waals surface area contributed by atoms with Gasteiger partial charge in [-0.25, -0.2) is 0 Å². The van der Waals surface area contributed by atoms with E-state index < -0.39 is 0 Å². The third kappa shape index (κ3) is 2.57. The van der Waals surface area contributed by atoms with Gasteiger partial charge >= 0.3 is 0 Å². The fourth-order valence-electron chi connectivity index (χ4n) is 3.12. The van der Waals surface area contributed by atoms with Crippen LogP contribution in [0.5, 0.6) is 0 Å². The van der Waals surface area contributed by atoms with Gasteiger partial charge in [-0.15, -0.1) is 11.3 Å². The van der Waals surface area contributed by atoms with Crippen LogP contribution in [-0.2, 0) is 17.6 Å². The Hall–Kier alpha value is -2.40. The Balaban J connectivity index is 1.55. The zero-order chi connectivity index (χ0) is 15.8. The first-order chi connectivity index (χ1) is 11.2. The fourth-order valence-corrected chi connectivity index (χ4v) is 3.79. The van der Waals surface area contributed by atoms with Crippen molar-refractivity contribution < 1.29 is 9.32 Å². The number of rotatable bonds is 3. The first-order valence-electron chi connectivity index (χ1n) is 7.62. The number of thiophene rings is 1. The molecule has 5 heteroatoms. The predicted molar refractivity (Wildman–Crippen MR) is 90.6 cm³/mol. The maximum Gasteiger partial charge on any atom is 0.233 e. The second kappa shape index (κ2) is 5.66. The van der Waals surface area contributed by atoms with Crippen molar-refractivity contribution in [2.45, 2.75) is 25.8 Å². The van der Waals surface area contributed by atoms with Crippen LogP contribution in [0.3, 0.4) is 0 Å². The minimum absolute atomic E-state index is 0.0634. The summed E-state index contributed by atoms with van der Waals surface area (Å²) in [5.74, 6) is 0.783. The smallest absolute Gasteiger partial charge is 0.233 e. The van der Waals surface area contributed by atoms with E-state index in [-0.39, 0.29) is 18.4 Å². The molecule has 116 valence electrons. The quantitative estimate of drug-likeness (QED) is 0.733. The average molecular weight is 324 g/mol. The summed E-state index contributed by atoms with van der Waals surface area (Å²) in [5.41, 5.74) is 2.93. The van der Waals surface area contributed by atoms with Crippen LogP contribution < -0.4 is 4.90 Å². The zero-order valence-corrected chi connectivity index (χ0v) is 13.5. The maximum absolute atomic E-state index is 12.7. The van der Waals surface area contributed by atoms with Crippen LogP contribution in [0, 0.1) is 0 Å². The molecule has 0 unspecified atom stereocenters. The summed E-state index contributed by atoms with van der Waals surface area (Å²) < 4.78 is 5.36. The SMILES string of the molecule is C[C@H]1Cc2ccccc2N1C(=O)Cc1cc(-c2cccs2)on1. The summed E-state index contributed by atoms with van der Waals surface area (Å²) in [7, 11) is 0. The summed E-state index contributed by atoms with van der Waals surface area (Å²) in [6.45, 7) is 2.08. The van der Waals surface area contributed by atoms with E-state index in [1.54, 1.807) is 11.3 Å². The van der Waals surface area contributed by atoms with Gasteiger partial charge in [0.05, 0.1) is 17.0 Å². The molecule has 0 saturated carbocycles. The average Bonchev–Trinajstić information content (AvgIpc) is 3.25. The van der Waals surface area contributed by atoms with E-state index in [4.69, 9.17) is 4.52 Å². The number of anilines is 1. The van der Waals surface area contributed by atoms with Crippen LogP contribution in [0.25, 0.3) is 10.6 Å². The van der Waals surface area contributed by atoms with Crippen LogP contribution in [-0.4, -0.2) is 17.1 Å². The Labute approximate surface area is 138 Å². The molecular weight excluding hydrogens is 308 g/mol. The van der Waals surface area contributed by atoms with Crippen molar-refractivity contribution in [2.24, 2.45) is 0 Å². The first kappa shape index (κ1) is 14.2. The number of carbonyl (C=O) groups is 1. The van der Waals surface area contributed by atoms with Crippen molar-refractivity contribution in [1.29, 1.82) is 0 Å². The van der Waals surface area contributed by atoms with Gasteiger partial charge in [-0.1, -0.05) is 29.4 Å². The number of hydrogen-bond acceptors (Lipinski definition) is 4. The molecule has 1 aliphatic heterocycles. The monoisotopic (exact) mass is 324 g/mol. The van der Waals surface area contributed by atoms with Crippen LogP contribution >= 0.6 is 11.3 Å². The van der Waals surface area contributed by atoms with Crippen molar-refractivity contribution >= 4 is 22.9 Å². The fraction of sp³-hybridized carbons (Fsp3) is 0.222. The topological polar surface area (TPSA) is 46.3 Å². The second-order valence-corrected chi connectivity index (χ2v) is 6.73. The zero-order valence-electron chi connectivity index (χ0n) is 12.7. The first-order valence-corrected chi connectivity index (χ1v) is 8.50. The van der Waals surface area contributed by atoms with Gasteiger partial charge in [0.25, 0.3) is 0 Å². The number of hydrogen-bond donors (Lipinski definition) is 0. The number of fused-ring (bicyclic) bond motifs is 1. The van der Waals surface area contributed by atoms with E-state index >= 15 is 0 Å². The predicted octanol–water partition coefficient (Wildman–Crippen LogP) is 3.92. The molecule has 1 atom stereocenters. The normalized spacial score (nSPS) is 16.6. The Morgan fingerprint density at radius 2 is 2.22 bits per heavy atom. The van der Waals surface area contributed by atoms with E-state index in [2.05, 4.69) is 18.1 Å². The highest BCUT2D eigenvalue weighted by Crippen LogP contribution is 2.32. The molecule has 0 saturated heterocycles. The molecule has 3 heterocycles. The van der Waals surface area contributed by atoms with Crippen molar-refractivity contribution in [3.63, 3.8) is 0 Å². The van der Waals surface area contributed by atoms with E-state index in [1.165, 1.54) is 5.56 Å².